The highest BCUT2D eigenvalue weighted by Crippen LogP contribution is 2.25. The van der Waals surface area contributed by atoms with E-state index in [1.807, 2.05) is 29.5 Å². The summed E-state index contributed by atoms with van der Waals surface area (Å²) >= 11 is 0. The number of aromatic nitrogens is 5. The van der Waals surface area contributed by atoms with Crippen LogP contribution in [0.2, 0.25) is 0 Å². The van der Waals surface area contributed by atoms with Crippen LogP contribution in [0, 0.1) is 6.92 Å². The molecule has 1 aliphatic rings. The van der Waals surface area contributed by atoms with Crippen LogP contribution in [0.3, 0.4) is 0 Å². The SMILES string of the molecule is CCOc1nc(Nc2cnn(CCN3CCO[C@H](C(F)F)C3)c2C)nc2[nH]ccc12.S. The quantitative estimate of drug-likeness (QED) is 0.539. The van der Waals surface area contributed by atoms with Crippen molar-refractivity contribution in [1.82, 2.24) is 29.6 Å². The fourth-order valence-corrected chi connectivity index (χ4v) is 3.45. The predicted octanol–water partition coefficient (Wildman–Crippen LogP) is 2.68. The lowest BCUT2D eigenvalue weighted by atomic mass is 10.3. The molecule has 1 fully saturated rings. The minimum absolute atomic E-state index is 0. The molecule has 1 aliphatic heterocycles. The Balaban J connectivity index is 0.00000272. The number of H-pyrrole nitrogens is 1. The molecule has 0 saturated carbocycles. The van der Waals surface area contributed by atoms with E-state index in [9.17, 15) is 8.78 Å². The second-order valence-electron chi connectivity index (χ2n) is 7.06. The number of ether oxygens (including phenoxy) is 2. The molecule has 170 valence electrons. The summed E-state index contributed by atoms with van der Waals surface area (Å²) in [5, 5.41) is 8.43. The van der Waals surface area contributed by atoms with Gasteiger partial charge in [-0.3, -0.25) is 9.58 Å². The second-order valence-corrected chi connectivity index (χ2v) is 7.06. The molecule has 3 aromatic rings. The summed E-state index contributed by atoms with van der Waals surface area (Å²) in [6.07, 6.45) is 0.0150. The Hall–Kier alpha value is -2.44. The normalized spacial score (nSPS) is 17.1. The number of nitrogens with zero attached hydrogens (tertiary/aromatic N) is 5. The summed E-state index contributed by atoms with van der Waals surface area (Å²) in [5.41, 5.74) is 2.36. The van der Waals surface area contributed by atoms with E-state index < -0.39 is 12.5 Å². The van der Waals surface area contributed by atoms with E-state index in [1.165, 1.54) is 0 Å². The maximum Gasteiger partial charge on any atom is 0.265 e. The van der Waals surface area contributed by atoms with Gasteiger partial charge in [0.2, 0.25) is 11.8 Å². The lowest BCUT2D eigenvalue weighted by Gasteiger charge is -2.32. The lowest BCUT2D eigenvalue weighted by Crippen LogP contribution is -2.46. The number of halogens is 2. The Morgan fingerprint density at radius 3 is 2.97 bits per heavy atom. The minimum atomic E-state index is -2.46. The van der Waals surface area contributed by atoms with E-state index in [1.54, 1.807) is 12.4 Å². The predicted molar refractivity (Wildman–Crippen MR) is 118 cm³/mol. The molecule has 1 saturated heterocycles. The third-order valence-corrected chi connectivity index (χ3v) is 5.10. The fraction of sp³-hybridized carbons (Fsp3) is 0.526. The van der Waals surface area contributed by atoms with E-state index in [0.29, 0.717) is 50.3 Å². The highest BCUT2D eigenvalue weighted by atomic mass is 32.1. The summed E-state index contributed by atoms with van der Waals surface area (Å²) in [5.74, 6) is 0.918. The number of hydrogen-bond donors (Lipinski definition) is 2. The Labute approximate surface area is 185 Å². The van der Waals surface area contributed by atoms with Crippen LogP contribution in [-0.2, 0) is 11.3 Å². The molecule has 31 heavy (non-hydrogen) atoms. The molecule has 0 radical (unpaired) electrons. The zero-order valence-electron chi connectivity index (χ0n) is 17.4. The first kappa shape index (κ1) is 23.2. The van der Waals surface area contributed by atoms with Gasteiger partial charge in [0.15, 0.2) is 0 Å². The third-order valence-electron chi connectivity index (χ3n) is 5.10. The molecule has 0 spiro atoms. The van der Waals surface area contributed by atoms with Crippen molar-refractivity contribution in [2.45, 2.75) is 32.9 Å². The minimum Gasteiger partial charge on any atom is -0.477 e. The van der Waals surface area contributed by atoms with Crippen molar-refractivity contribution < 1.29 is 18.3 Å². The molecule has 0 aliphatic carbocycles. The first-order valence-electron chi connectivity index (χ1n) is 9.94. The topological polar surface area (TPSA) is 93.1 Å². The maximum atomic E-state index is 12.9. The van der Waals surface area contributed by atoms with Crippen molar-refractivity contribution >= 4 is 36.2 Å². The zero-order chi connectivity index (χ0) is 21.1. The number of alkyl halides is 2. The second kappa shape index (κ2) is 10.2. The lowest BCUT2D eigenvalue weighted by molar-refractivity contribution is -0.102. The van der Waals surface area contributed by atoms with Crippen molar-refractivity contribution in [3.63, 3.8) is 0 Å². The first-order valence-corrected chi connectivity index (χ1v) is 9.94. The number of aromatic amines is 1. The third kappa shape index (κ3) is 5.25. The van der Waals surface area contributed by atoms with Crippen LogP contribution in [0.15, 0.2) is 18.5 Å². The van der Waals surface area contributed by atoms with Crippen LogP contribution < -0.4 is 10.1 Å². The highest BCUT2D eigenvalue weighted by molar-refractivity contribution is 7.59. The van der Waals surface area contributed by atoms with Gasteiger partial charge in [0.1, 0.15) is 11.8 Å². The van der Waals surface area contributed by atoms with Crippen molar-refractivity contribution in [2.24, 2.45) is 0 Å². The molecule has 4 heterocycles. The molecular weight excluding hydrogens is 428 g/mol. The largest absolute Gasteiger partial charge is 0.477 e. The first-order chi connectivity index (χ1) is 14.5. The number of morpholine rings is 1. The summed E-state index contributed by atoms with van der Waals surface area (Å²) in [7, 11) is 0. The number of nitrogens with one attached hydrogen (secondary N) is 2. The summed E-state index contributed by atoms with van der Waals surface area (Å²) in [6.45, 7) is 6.74. The molecular formula is C19H27F2N7O2S. The van der Waals surface area contributed by atoms with Gasteiger partial charge in [-0.15, -0.1) is 0 Å². The molecule has 0 unspecified atom stereocenters. The fourth-order valence-electron chi connectivity index (χ4n) is 3.45. The van der Waals surface area contributed by atoms with Gasteiger partial charge in [-0.05, 0) is 19.9 Å². The maximum absolute atomic E-state index is 12.9. The average molecular weight is 456 g/mol. The Bertz CT molecular complexity index is 997. The Morgan fingerprint density at radius 1 is 1.35 bits per heavy atom. The van der Waals surface area contributed by atoms with Crippen LogP contribution in [0.5, 0.6) is 5.88 Å². The van der Waals surface area contributed by atoms with Gasteiger partial charge in [0, 0.05) is 25.8 Å². The highest BCUT2D eigenvalue weighted by Gasteiger charge is 2.27. The monoisotopic (exact) mass is 455 g/mol. The standard InChI is InChI=1S/C19H25F2N7O2.H2S/c1-3-29-18-13-4-5-22-17(13)25-19(26-18)24-14-10-23-28(12(14)2)7-6-27-8-9-30-15(11-27)16(20)21;/h4-5,10,15-16H,3,6-9,11H2,1-2H3,(H2,22,24,25,26);1H2/t15-;/m0./s1. The van der Waals surface area contributed by atoms with Crippen LogP contribution in [-0.4, -0.2) is 75.0 Å². The molecule has 12 heteroatoms. The van der Waals surface area contributed by atoms with E-state index in [0.717, 1.165) is 16.8 Å². The number of fused-ring (bicyclic) bond motifs is 1. The molecule has 9 nitrogen and oxygen atoms in total. The molecule has 0 aromatic carbocycles. The van der Waals surface area contributed by atoms with E-state index in [4.69, 9.17) is 9.47 Å². The molecule has 0 bridgehead atoms. The summed E-state index contributed by atoms with van der Waals surface area (Å²) in [6, 6.07) is 1.87. The van der Waals surface area contributed by atoms with Crippen LogP contribution in [0.1, 0.15) is 12.6 Å². The molecule has 2 N–H and O–H groups in total. The number of anilines is 2. The zero-order valence-corrected chi connectivity index (χ0v) is 18.4. The van der Waals surface area contributed by atoms with Crippen molar-refractivity contribution in [3.05, 3.63) is 24.2 Å². The van der Waals surface area contributed by atoms with Crippen LogP contribution >= 0.6 is 13.5 Å². The molecule has 1 atom stereocenters. The van der Waals surface area contributed by atoms with Crippen molar-refractivity contribution in [1.29, 1.82) is 0 Å². The van der Waals surface area contributed by atoms with Gasteiger partial charge in [-0.1, -0.05) is 0 Å². The van der Waals surface area contributed by atoms with Gasteiger partial charge in [0.25, 0.3) is 6.43 Å². The van der Waals surface area contributed by atoms with E-state index in [2.05, 4.69) is 25.4 Å². The van der Waals surface area contributed by atoms with Gasteiger partial charge in [0.05, 0.1) is 42.7 Å². The van der Waals surface area contributed by atoms with Crippen LogP contribution in [0.4, 0.5) is 20.4 Å². The van der Waals surface area contributed by atoms with Gasteiger partial charge in [-0.25, -0.2) is 8.78 Å². The van der Waals surface area contributed by atoms with E-state index in [-0.39, 0.29) is 20.0 Å². The molecule has 3 aromatic heterocycles. The average Bonchev–Trinajstić information content (AvgIpc) is 3.34. The van der Waals surface area contributed by atoms with E-state index >= 15 is 0 Å². The smallest absolute Gasteiger partial charge is 0.265 e. The Morgan fingerprint density at radius 2 is 2.19 bits per heavy atom. The van der Waals surface area contributed by atoms with Crippen LogP contribution in [0.25, 0.3) is 11.0 Å². The Kier molecular flexibility index (Phi) is 7.68. The molecule has 0 amide bonds. The van der Waals surface area contributed by atoms with Gasteiger partial charge >= 0.3 is 0 Å². The van der Waals surface area contributed by atoms with Crippen molar-refractivity contribution in [2.75, 3.05) is 38.2 Å². The molecule has 4 rings (SSSR count). The van der Waals surface area contributed by atoms with Gasteiger partial charge < -0.3 is 19.8 Å². The summed E-state index contributed by atoms with van der Waals surface area (Å²) in [4.78, 5) is 14.0. The summed E-state index contributed by atoms with van der Waals surface area (Å²) < 4.78 is 38.3. The van der Waals surface area contributed by atoms with Gasteiger partial charge in [-0.2, -0.15) is 28.6 Å². The van der Waals surface area contributed by atoms with Crippen molar-refractivity contribution in [3.8, 4) is 5.88 Å². The number of rotatable bonds is 8. The number of hydrogen-bond acceptors (Lipinski definition) is 7.